The Morgan fingerprint density at radius 2 is 1.61 bits per heavy atom. The number of hydrazone groups is 1. The van der Waals surface area contributed by atoms with E-state index in [0.717, 1.165) is 34.0 Å². The van der Waals surface area contributed by atoms with E-state index in [-0.39, 0.29) is 10.9 Å². The molecule has 3 aromatic carbocycles. The first kappa shape index (κ1) is 20.9. The van der Waals surface area contributed by atoms with Gasteiger partial charge in [-0.25, -0.2) is 13.6 Å². The SMILES string of the molecule is COc1ccc(C2=NN(c3ccc(S(N)(=O)=O)cc3)C(c3cccc(OC)c3)C2)cc1. The average molecular weight is 438 g/mol. The fourth-order valence-corrected chi connectivity index (χ4v) is 4.12. The summed E-state index contributed by atoms with van der Waals surface area (Å²) in [4.78, 5) is 0.0627. The Morgan fingerprint density at radius 1 is 0.935 bits per heavy atom. The standard InChI is InChI=1S/C23H23N3O4S/c1-29-19-10-6-16(7-11-19)22-15-23(17-4-3-5-20(14-17)30-2)26(25-22)18-8-12-21(13-9-18)31(24,27)28/h3-14,23H,15H2,1-2H3,(H2,24,27,28). The molecule has 0 radical (unpaired) electrons. The van der Waals surface area contributed by atoms with Crippen LogP contribution in [0.3, 0.4) is 0 Å². The van der Waals surface area contributed by atoms with Gasteiger partial charge in [-0.1, -0.05) is 12.1 Å². The molecule has 1 aliphatic rings. The summed E-state index contributed by atoms with van der Waals surface area (Å²) in [5, 5.41) is 12.0. The zero-order valence-corrected chi connectivity index (χ0v) is 18.0. The van der Waals surface area contributed by atoms with Crippen molar-refractivity contribution in [2.24, 2.45) is 10.2 Å². The summed E-state index contributed by atoms with van der Waals surface area (Å²) in [7, 11) is -0.492. The van der Waals surface area contributed by atoms with Gasteiger partial charge in [-0.05, 0) is 71.8 Å². The quantitative estimate of drug-likeness (QED) is 0.634. The maximum Gasteiger partial charge on any atom is 0.238 e. The van der Waals surface area contributed by atoms with E-state index in [4.69, 9.17) is 19.7 Å². The third-order valence-corrected chi connectivity index (χ3v) is 6.17. The van der Waals surface area contributed by atoms with E-state index in [0.29, 0.717) is 6.42 Å². The summed E-state index contributed by atoms with van der Waals surface area (Å²) in [6.07, 6.45) is 0.677. The van der Waals surface area contributed by atoms with Gasteiger partial charge in [0, 0.05) is 6.42 Å². The molecule has 0 spiro atoms. The molecule has 31 heavy (non-hydrogen) atoms. The van der Waals surface area contributed by atoms with Crippen molar-refractivity contribution in [3.05, 3.63) is 83.9 Å². The van der Waals surface area contributed by atoms with Gasteiger partial charge in [0.1, 0.15) is 11.5 Å². The van der Waals surface area contributed by atoms with Gasteiger partial charge in [0.25, 0.3) is 0 Å². The number of sulfonamides is 1. The van der Waals surface area contributed by atoms with E-state index >= 15 is 0 Å². The van der Waals surface area contributed by atoms with Crippen LogP contribution in [0.25, 0.3) is 0 Å². The Hall–Kier alpha value is -3.36. The smallest absolute Gasteiger partial charge is 0.238 e. The van der Waals surface area contributed by atoms with Crippen molar-refractivity contribution in [1.82, 2.24) is 0 Å². The number of nitrogens with zero attached hydrogens (tertiary/aromatic N) is 2. The van der Waals surface area contributed by atoms with Crippen LogP contribution < -0.4 is 19.6 Å². The summed E-state index contributed by atoms with van der Waals surface area (Å²) in [6, 6.07) is 22.0. The number of hydrogen-bond acceptors (Lipinski definition) is 6. The van der Waals surface area contributed by atoms with Gasteiger partial charge in [-0.3, -0.25) is 5.01 Å². The minimum absolute atomic E-state index is 0.0627. The highest BCUT2D eigenvalue weighted by Gasteiger charge is 2.30. The average Bonchev–Trinajstić information content (AvgIpc) is 3.24. The molecule has 7 nitrogen and oxygen atoms in total. The molecule has 0 saturated carbocycles. The highest BCUT2D eigenvalue weighted by molar-refractivity contribution is 7.89. The number of ether oxygens (including phenoxy) is 2. The number of methoxy groups -OCH3 is 2. The van der Waals surface area contributed by atoms with E-state index in [1.54, 1.807) is 26.4 Å². The first-order chi connectivity index (χ1) is 14.9. The predicted molar refractivity (Wildman–Crippen MR) is 120 cm³/mol. The van der Waals surface area contributed by atoms with E-state index < -0.39 is 10.0 Å². The van der Waals surface area contributed by atoms with Crippen molar-refractivity contribution >= 4 is 21.4 Å². The van der Waals surface area contributed by atoms with E-state index in [2.05, 4.69) is 0 Å². The fraction of sp³-hybridized carbons (Fsp3) is 0.174. The van der Waals surface area contributed by atoms with Gasteiger partial charge in [-0.15, -0.1) is 0 Å². The Bertz CT molecular complexity index is 1210. The van der Waals surface area contributed by atoms with E-state index in [1.165, 1.54) is 12.1 Å². The number of benzene rings is 3. The summed E-state index contributed by atoms with van der Waals surface area (Å²) in [5.74, 6) is 1.54. The van der Waals surface area contributed by atoms with E-state index in [1.807, 2.05) is 53.5 Å². The van der Waals surface area contributed by atoms with Crippen LogP contribution in [0.5, 0.6) is 11.5 Å². The molecule has 3 aromatic rings. The zero-order chi connectivity index (χ0) is 22.0. The monoisotopic (exact) mass is 437 g/mol. The molecule has 1 heterocycles. The number of primary sulfonamides is 1. The van der Waals surface area contributed by atoms with Gasteiger partial charge in [0.2, 0.25) is 10.0 Å². The van der Waals surface area contributed by atoms with Gasteiger partial charge >= 0.3 is 0 Å². The molecule has 1 unspecified atom stereocenters. The van der Waals surface area contributed by atoms with Gasteiger partial charge < -0.3 is 9.47 Å². The molecular weight excluding hydrogens is 414 g/mol. The van der Waals surface area contributed by atoms with Crippen LogP contribution in [0, 0.1) is 0 Å². The lowest BCUT2D eigenvalue weighted by molar-refractivity contribution is 0.414. The summed E-state index contributed by atoms with van der Waals surface area (Å²) >= 11 is 0. The summed E-state index contributed by atoms with van der Waals surface area (Å²) in [6.45, 7) is 0. The van der Waals surface area contributed by atoms with Crippen molar-refractivity contribution in [1.29, 1.82) is 0 Å². The molecule has 2 N–H and O–H groups in total. The molecule has 0 aliphatic carbocycles. The minimum atomic E-state index is -3.76. The maximum atomic E-state index is 11.6. The van der Waals surface area contributed by atoms with Crippen LogP contribution in [-0.2, 0) is 10.0 Å². The first-order valence-corrected chi connectivity index (χ1v) is 11.2. The molecule has 1 atom stereocenters. The summed E-state index contributed by atoms with van der Waals surface area (Å²) in [5.41, 5.74) is 3.73. The lowest BCUT2D eigenvalue weighted by Crippen LogP contribution is -2.19. The largest absolute Gasteiger partial charge is 0.497 e. The van der Waals surface area contributed by atoms with Gasteiger partial charge in [0.15, 0.2) is 0 Å². The van der Waals surface area contributed by atoms with Crippen molar-refractivity contribution in [3.63, 3.8) is 0 Å². The molecule has 160 valence electrons. The Balaban J connectivity index is 1.74. The number of rotatable bonds is 6. The third kappa shape index (κ3) is 4.40. The Kier molecular flexibility index (Phi) is 5.67. The van der Waals surface area contributed by atoms with Crippen LogP contribution in [-0.4, -0.2) is 28.3 Å². The molecule has 0 amide bonds. The molecule has 0 saturated heterocycles. The third-order valence-electron chi connectivity index (χ3n) is 5.24. The molecule has 0 aromatic heterocycles. The summed E-state index contributed by atoms with van der Waals surface area (Å²) < 4.78 is 33.9. The zero-order valence-electron chi connectivity index (χ0n) is 17.2. The maximum absolute atomic E-state index is 11.6. The van der Waals surface area contributed by atoms with Gasteiger partial charge in [-0.2, -0.15) is 5.10 Å². The fourth-order valence-electron chi connectivity index (χ4n) is 3.60. The van der Waals surface area contributed by atoms with Crippen molar-refractivity contribution in [3.8, 4) is 11.5 Å². The Morgan fingerprint density at radius 3 is 2.23 bits per heavy atom. The second-order valence-electron chi connectivity index (χ2n) is 7.16. The van der Waals surface area contributed by atoms with Crippen LogP contribution in [0.1, 0.15) is 23.6 Å². The first-order valence-electron chi connectivity index (χ1n) is 9.67. The lowest BCUT2D eigenvalue weighted by Gasteiger charge is -2.24. The predicted octanol–water partition coefficient (Wildman–Crippen LogP) is 3.71. The minimum Gasteiger partial charge on any atom is -0.497 e. The van der Waals surface area contributed by atoms with Crippen LogP contribution in [0.4, 0.5) is 5.69 Å². The second kappa shape index (κ2) is 8.41. The Labute approximate surface area is 181 Å². The number of hydrogen-bond donors (Lipinski definition) is 1. The molecule has 4 rings (SSSR count). The molecule has 8 heteroatoms. The highest BCUT2D eigenvalue weighted by Crippen LogP contribution is 2.38. The number of anilines is 1. The lowest BCUT2D eigenvalue weighted by atomic mass is 9.98. The van der Waals surface area contributed by atoms with Crippen LogP contribution in [0.2, 0.25) is 0 Å². The van der Waals surface area contributed by atoms with Crippen molar-refractivity contribution in [2.75, 3.05) is 19.2 Å². The molecule has 1 aliphatic heterocycles. The van der Waals surface area contributed by atoms with Crippen LogP contribution >= 0.6 is 0 Å². The normalized spacial score (nSPS) is 16.2. The molecule has 0 bridgehead atoms. The van der Waals surface area contributed by atoms with E-state index in [9.17, 15) is 8.42 Å². The highest BCUT2D eigenvalue weighted by atomic mass is 32.2. The number of nitrogens with two attached hydrogens (primary N) is 1. The second-order valence-corrected chi connectivity index (χ2v) is 8.72. The van der Waals surface area contributed by atoms with Crippen molar-refractivity contribution in [2.45, 2.75) is 17.4 Å². The van der Waals surface area contributed by atoms with Crippen molar-refractivity contribution < 1.29 is 17.9 Å². The topological polar surface area (TPSA) is 94.2 Å². The molecule has 0 fully saturated rings. The molecular formula is C23H23N3O4S. The van der Waals surface area contributed by atoms with Gasteiger partial charge in [0.05, 0.1) is 36.6 Å². The van der Waals surface area contributed by atoms with Crippen LogP contribution in [0.15, 0.2) is 82.8 Å².